The molecule has 3 aliphatic rings. The lowest BCUT2D eigenvalue weighted by atomic mass is 9.93. The molecule has 2 aliphatic heterocycles. The first kappa shape index (κ1) is 29.8. The van der Waals surface area contributed by atoms with Gasteiger partial charge in [0.25, 0.3) is 5.91 Å². The van der Waals surface area contributed by atoms with E-state index in [0.29, 0.717) is 18.7 Å². The predicted octanol–water partition coefficient (Wildman–Crippen LogP) is 5.71. The van der Waals surface area contributed by atoms with Gasteiger partial charge in [-0.05, 0) is 91.6 Å². The van der Waals surface area contributed by atoms with Crippen molar-refractivity contribution in [3.05, 3.63) is 70.9 Å². The summed E-state index contributed by atoms with van der Waals surface area (Å²) in [7, 11) is -1.24. The van der Waals surface area contributed by atoms with Gasteiger partial charge in [-0.2, -0.15) is 0 Å². The number of aryl methyl sites for hydroxylation is 1. The van der Waals surface area contributed by atoms with E-state index in [1.54, 1.807) is 4.90 Å². The van der Waals surface area contributed by atoms with Gasteiger partial charge in [0.2, 0.25) is 0 Å². The Morgan fingerprint density at radius 2 is 1.84 bits per heavy atom. The van der Waals surface area contributed by atoms with E-state index in [4.69, 9.17) is 9.72 Å². The van der Waals surface area contributed by atoms with E-state index in [2.05, 4.69) is 35.9 Å². The van der Waals surface area contributed by atoms with Crippen LogP contribution in [0.3, 0.4) is 0 Å². The van der Waals surface area contributed by atoms with Crippen molar-refractivity contribution in [1.82, 2.24) is 15.2 Å². The molecule has 2 amide bonds. The minimum absolute atomic E-state index is 0.106. The third-order valence-electron chi connectivity index (χ3n) is 9.63. The Labute approximate surface area is 255 Å². The van der Waals surface area contributed by atoms with Crippen molar-refractivity contribution >= 4 is 36.7 Å². The molecule has 9 heteroatoms. The number of pyridine rings is 1. The first-order valence-electron chi connectivity index (χ1n) is 15.8. The van der Waals surface area contributed by atoms with Crippen LogP contribution in [0.2, 0.25) is 25.2 Å². The molecule has 3 heterocycles. The summed E-state index contributed by atoms with van der Waals surface area (Å²) < 4.78 is 5.10. The first-order valence-corrected chi connectivity index (χ1v) is 19.4. The fourth-order valence-electron chi connectivity index (χ4n) is 6.75. The average molecular weight is 601 g/mol. The number of carbonyl (C=O) groups excluding carboxylic acids is 2. The number of nitrogens with zero attached hydrogens (tertiary/aromatic N) is 3. The van der Waals surface area contributed by atoms with E-state index >= 15 is 0 Å². The highest BCUT2D eigenvalue weighted by Gasteiger charge is 2.31. The number of rotatable bonds is 8. The molecule has 6 rings (SSSR count). The molecule has 3 aromatic rings. The van der Waals surface area contributed by atoms with Gasteiger partial charge in [-0.1, -0.05) is 31.8 Å². The molecule has 0 radical (unpaired) electrons. The number of hydrogen-bond donors (Lipinski definition) is 2. The van der Waals surface area contributed by atoms with Crippen LogP contribution in [0.25, 0.3) is 10.9 Å². The highest BCUT2D eigenvalue weighted by atomic mass is 28.3. The van der Waals surface area contributed by atoms with E-state index in [1.807, 2.05) is 42.5 Å². The number of hydrogen-bond acceptors (Lipinski definition) is 6. The van der Waals surface area contributed by atoms with Crippen molar-refractivity contribution in [2.45, 2.75) is 75.9 Å². The number of aromatic nitrogens is 1. The zero-order valence-electron chi connectivity index (χ0n) is 25.6. The van der Waals surface area contributed by atoms with Crippen LogP contribution in [0.4, 0.5) is 10.5 Å². The topological polar surface area (TPSA) is 95.0 Å². The third-order valence-corrected chi connectivity index (χ3v) is 12.6. The van der Waals surface area contributed by atoms with Gasteiger partial charge in [-0.3, -0.25) is 14.7 Å². The molecule has 0 spiro atoms. The number of anilines is 1. The maximum atomic E-state index is 13.7. The third kappa shape index (κ3) is 6.79. The lowest BCUT2D eigenvalue weighted by Crippen LogP contribution is -2.38. The molecule has 2 saturated heterocycles. The Balaban J connectivity index is 1.21. The predicted molar refractivity (Wildman–Crippen MR) is 173 cm³/mol. The summed E-state index contributed by atoms with van der Waals surface area (Å²) >= 11 is 0. The molecule has 43 heavy (non-hydrogen) atoms. The summed E-state index contributed by atoms with van der Waals surface area (Å²) in [6.07, 6.45) is 5.12. The van der Waals surface area contributed by atoms with Gasteiger partial charge >= 0.3 is 6.09 Å². The van der Waals surface area contributed by atoms with Crippen LogP contribution >= 0.6 is 0 Å². The quantitative estimate of drug-likeness (QED) is 0.322. The van der Waals surface area contributed by atoms with Gasteiger partial charge in [0, 0.05) is 50.0 Å². The number of ether oxygens (including phenoxy) is 1. The zero-order valence-corrected chi connectivity index (χ0v) is 26.6. The normalized spacial score (nSPS) is 20.6. The number of piperidine rings is 1. The second-order valence-corrected chi connectivity index (χ2v) is 19.1. The summed E-state index contributed by atoms with van der Waals surface area (Å²) in [5, 5.41) is 14.3. The summed E-state index contributed by atoms with van der Waals surface area (Å²) in [6, 6.07) is 15.8. The first-order chi connectivity index (χ1) is 20.6. The Morgan fingerprint density at radius 3 is 2.53 bits per heavy atom. The number of carbonyl (C=O) groups is 2. The van der Waals surface area contributed by atoms with Crippen LogP contribution in [-0.2, 0) is 17.6 Å². The Morgan fingerprint density at radius 1 is 1.07 bits per heavy atom. The van der Waals surface area contributed by atoms with E-state index in [-0.39, 0.29) is 24.1 Å². The van der Waals surface area contributed by atoms with E-state index in [1.165, 1.54) is 17.7 Å². The number of aliphatic hydroxyl groups excluding tert-OH is 1. The molecule has 0 bridgehead atoms. The van der Waals surface area contributed by atoms with E-state index in [0.717, 1.165) is 79.4 Å². The van der Waals surface area contributed by atoms with Crippen molar-refractivity contribution in [2.75, 3.05) is 37.7 Å². The summed E-state index contributed by atoms with van der Waals surface area (Å²) in [4.78, 5) is 34.8. The van der Waals surface area contributed by atoms with Crippen LogP contribution in [0.5, 0.6) is 0 Å². The molecule has 0 unspecified atom stereocenters. The van der Waals surface area contributed by atoms with Gasteiger partial charge in [0.05, 0.1) is 24.2 Å². The zero-order chi connectivity index (χ0) is 30.1. The number of amides is 2. The largest absolute Gasteiger partial charge is 0.447 e. The van der Waals surface area contributed by atoms with Gasteiger partial charge in [0.1, 0.15) is 6.61 Å². The maximum Gasteiger partial charge on any atom is 0.414 e. The molecular formula is C34H44N4O4Si. The van der Waals surface area contributed by atoms with Crippen LogP contribution in [0.15, 0.2) is 48.5 Å². The fraction of sp³-hybridized carbons (Fsp3) is 0.500. The Kier molecular flexibility index (Phi) is 8.57. The molecule has 2 aromatic carbocycles. The SMILES string of the molecule is C[Si](C)(C)[C@H]1CCc2nc3ccc(C(=O)N[C@H](CCN4CCC(O)CC4)c4ccc(N5CCOC5=O)cc4)cc3cc2C1. The summed E-state index contributed by atoms with van der Waals surface area (Å²) in [5.41, 5.74) is 6.69. The monoisotopic (exact) mass is 600 g/mol. The molecular weight excluding hydrogens is 556 g/mol. The number of nitrogens with one attached hydrogen (secondary N) is 1. The average Bonchev–Trinajstić information content (AvgIpc) is 3.43. The van der Waals surface area contributed by atoms with Crippen molar-refractivity contribution in [2.24, 2.45) is 0 Å². The van der Waals surface area contributed by atoms with Gasteiger partial charge in [-0.25, -0.2) is 4.79 Å². The van der Waals surface area contributed by atoms with Crippen molar-refractivity contribution in [3.8, 4) is 0 Å². The molecule has 2 fully saturated rings. The van der Waals surface area contributed by atoms with E-state index in [9.17, 15) is 14.7 Å². The smallest absolute Gasteiger partial charge is 0.414 e. The number of likely N-dealkylation sites (tertiary alicyclic amines) is 1. The van der Waals surface area contributed by atoms with Crippen LogP contribution in [0, 0.1) is 0 Å². The highest BCUT2D eigenvalue weighted by Crippen LogP contribution is 2.37. The van der Waals surface area contributed by atoms with Crippen LogP contribution < -0.4 is 10.2 Å². The molecule has 1 aromatic heterocycles. The molecule has 1 aliphatic carbocycles. The molecule has 8 nitrogen and oxygen atoms in total. The maximum absolute atomic E-state index is 13.7. The van der Waals surface area contributed by atoms with Gasteiger partial charge < -0.3 is 20.1 Å². The number of cyclic esters (lactones) is 1. The van der Waals surface area contributed by atoms with Crippen molar-refractivity contribution in [3.63, 3.8) is 0 Å². The Hall–Kier alpha value is -3.27. The van der Waals surface area contributed by atoms with Gasteiger partial charge in [0.15, 0.2) is 0 Å². The minimum atomic E-state index is -1.24. The Bertz CT molecular complexity index is 1480. The summed E-state index contributed by atoms with van der Waals surface area (Å²) in [5.74, 6) is -0.106. The lowest BCUT2D eigenvalue weighted by Gasteiger charge is -2.33. The van der Waals surface area contributed by atoms with Crippen LogP contribution in [-0.4, -0.2) is 74.0 Å². The number of fused-ring (bicyclic) bond motifs is 2. The number of benzene rings is 2. The fourth-order valence-corrected chi connectivity index (χ4v) is 8.59. The second kappa shape index (κ2) is 12.4. The highest BCUT2D eigenvalue weighted by molar-refractivity contribution is 6.77. The van der Waals surface area contributed by atoms with E-state index < -0.39 is 8.07 Å². The molecule has 2 N–H and O–H groups in total. The van der Waals surface area contributed by atoms with Gasteiger partial charge in [-0.15, -0.1) is 0 Å². The minimum Gasteiger partial charge on any atom is -0.447 e. The molecule has 0 saturated carbocycles. The van der Waals surface area contributed by atoms with Crippen LogP contribution in [0.1, 0.15) is 58.9 Å². The number of aliphatic hydroxyl groups is 1. The standard InChI is InChI=1S/C34H44N4O4Si/c1-43(2,3)29-9-11-31-26(22-29)21-25-20-24(6-10-30(25)35-31)33(40)36-32(14-17-37-15-12-28(39)13-16-37)23-4-7-27(8-5-23)38-18-19-42-34(38)41/h4-8,10,20-21,28-29,32,39H,9,11-19,22H2,1-3H3,(H,36,40)/t29-,32+/m0/s1. The summed E-state index contributed by atoms with van der Waals surface area (Å²) in [6.45, 7) is 10.8. The second-order valence-electron chi connectivity index (χ2n) is 13.6. The van der Waals surface area contributed by atoms with Crippen molar-refractivity contribution < 1.29 is 19.4 Å². The van der Waals surface area contributed by atoms with Crippen molar-refractivity contribution in [1.29, 1.82) is 0 Å². The molecule has 228 valence electrons. The lowest BCUT2D eigenvalue weighted by molar-refractivity contribution is 0.0795. The molecule has 2 atom stereocenters.